The van der Waals surface area contributed by atoms with E-state index in [0.717, 1.165) is 11.1 Å². The van der Waals surface area contributed by atoms with E-state index in [1.807, 2.05) is 66.7 Å². The normalized spacial score (nSPS) is 32.7. The molecule has 1 amide bonds. The van der Waals surface area contributed by atoms with Gasteiger partial charge in [0.05, 0.1) is 18.1 Å². The first-order chi connectivity index (χ1) is 13.6. The second kappa shape index (κ2) is 6.31. The number of carbonyl (C=O) groups is 2. The fourth-order valence-electron chi connectivity index (χ4n) is 5.06. The van der Waals surface area contributed by atoms with Gasteiger partial charge in [0.1, 0.15) is 5.60 Å². The van der Waals surface area contributed by atoms with Gasteiger partial charge < -0.3 is 19.5 Å². The van der Waals surface area contributed by atoms with Crippen molar-refractivity contribution in [3.8, 4) is 0 Å². The van der Waals surface area contributed by atoms with Gasteiger partial charge in [-0.2, -0.15) is 0 Å². The van der Waals surface area contributed by atoms with Gasteiger partial charge in [0, 0.05) is 18.4 Å². The minimum atomic E-state index is -1.21. The summed E-state index contributed by atoms with van der Waals surface area (Å²) in [6.07, 6.45) is 3.72. The number of likely N-dealkylation sites (tertiary alicyclic amines) is 1. The van der Waals surface area contributed by atoms with Crippen molar-refractivity contribution in [3.05, 3.63) is 83.9 Å². The van der Waals surface area contributed by atoms with Crippen LogP contribution in [0.1, 0.15) is 11.1 Å². The van der Waals surface area contributed by atoms with Gasteiger partial charge in [0.25, 0.3) is 0 Å². The maximum absolute atomic E-state index is 13.4. The third-order valence-electron chi connectivity index (χ3n) is 6.27. The van der Waals surface area contributed by atoms with Crippen LogP contribution in [0.5, 0.6) is 0 Å². The molecule has 3 heterocycles. The third-order valence-corrected chi connectivity index (χ3v) is 6.27. The van der Waals surface area contributed by atoms with Crippen molar-refractivity contribution in [2.24, 2.45) is 11.8 Å². The highest BCUT2D eigenvalue weighted by Gasteiger charge is 2.69. The van der Waals surface area contributed by atoms with E-state index in [1.165, 1.54) is 0 Å². The first kappa shape index (κ1) is 17.2. The van der Waals surface area contributed by atoms with Crippen molar-refractivity contribution in [3.63, 3.8) is 0 Å². The minimum Gasteiger partial charge on any atom is -0.550 e. The quantitative estimate of drug-likeness (QED) is 0.741. The first-order valence-corrected chi connectivity index (χ1v) is 9.56. The SMILES string of the molecule is O=C([O-])[C@H]1[C@H]2C=C[C@]3(O2)[C@H]1C(=O)N(Cc1ccccc1)[C@@H]3Cc1ccccc1. The number of nitrogens with zero attached hydrogens (tertiary/aromatic N) is 1. The van der Waals surface area contributed by atoms with Crippen molar-refractivity contribution in [1.82, 2.24) is 4.90 Å². The Hall–Kier alpha value is -2.92. The molecule has 5 rings (SSSR count). The van der Waals surface area contributed by atoms with E-state index in [2.05, 4.69) is 0 Å². The molecule has 0 aromatic heterocycles. The van der Waals surface area contributed by atoms with Crippen LogP contribution in [-0.4, -0.2) is 34.5 Å². The van der Waals surface area contributed by atoms with Crippen molar-refractivity contribution in [2.45, 2.75) is 30.7 Å². The van der Waals surface area contributed by atoms with Crippen molar-refractivity contribution in [1.29, 1.82) is 0 Å². The number of benzene rings is 2. The van der Waals surface area contributed by atoms with Gasteiger partial charge in [0.15, 0.2) is 0 Å². The number of hydrogen-bond donors (Lipinski definition) is 0. The van der Waals surface area contributed by atoms with Crippen LogP contribution in [0.4, 0.5) is 0 Å². The molecule has 142 valence electrons. The van der Waals surface area contributed by atoms with E-state index in [-0.39, 0.29) is 11.9 Å². The molecule has 5 nitrogen and oxygen atoms in total. The molecule has 2 fully saturated rings. The Kier molecular flexibility index (Phi) is 3.88. The summed E-state index contributed by atoms with van der Waals surface area (Å²) in [7, 11) is 0. The molecule has 28 heavy (non-hydrogen) atoms. The van der Waals surface area contributed by atoms with E-state index in [1.54, 1.807) is 11.0 Å². The molecule has 0 unspecified atom stereocenters. The number of aliphatic carboxylic acids is 1. The maximum atomic E-state index is 13.4. The third kappa shape index (κ3) is 2.43. The molecule has 5 heteroatoms. The molecule has 0 saturated carbocycles. The number of rotatable bonds is 5. The summed E-state index contributed by atoms with van der Waals surface area (Å²) in [6.45, 7) is 0.428. The standard InChI is InChI=1S/C23H21NO4/c25-21-20-19(22(26)27)17-11-12-23(20,28-17)18(13-15-7-3-1-4-8-15)24(21)14-16-9-5-2-6-10-16/h1-12,17-20H,13-14H2,(H,26,27)/p-1/t17-,18-,19+,20-,23-/m1/s1. The zero-order chi connectivity index (χ0) is 19.3. The van der Waals surface area contributed by atoms with Crippen LogP contribution in [0, 0.1) is 11.8 Å². The Balaban J connectivity index is 1.56. The van der Waals surface area contributed by atoms with Crippen molar-refractivity contribution >= 4 is 11.9 Å². The minimum absolute atomic E-state index is 0.161. The molecule has 2 aromatic carbocycles. The predicted octanol–water partition coefficient (Wildman–Crippen LogP) is 1.33. The Bertz CT molecular complexity index is 942. The van der Waals surface area contributed by atoms with E-state index < -0.39 is 29.5 Å². The van der Waals surface area contributed by atoms with Crippen LogP contribution in [0.2, 0.25) is 0 Å². The van der Waals surface area contributed by atoms with E-state index >= 15 is 0 Å². The number of fused-ring (bicyclic) bond motifs is 1. The Morgan fingerprint density at radius 1 is 1.04 bits per heavy atom. The molecule has 5 atom stereocenters. The lowest BCUT2D eigenvalue weighted by atomic mass is 9.74. The molecule has 2 saturated heterocycles. The molecule has 3 aliphatic rings. The lowest BCUT2D eigenvalue weighted by Crippen LogP contribution is -2.47. The second-order valence-electron chi connectivity index (χ2n) is 7.77. The lowest BCUT2D eigenvalue weighted by molar-refractivity contribution is -0.313. The molecule has 3 aliphatic heterocycles. The van der Waals surface area contributed by atoms with Gasteiger partial charge in [-0.3, -0.25) is 4.79 Å². The van der Waals surface area contributed by atoms with Crippen LogP contribution in [-0.2, 0) is 27.3 Å². The summed E-state index contributed by atoms with van der Waals surface area (Å²) in [5, 5.41) is 11.8. The average Bonchev–Trinajstić information content (AvgIpc) is 3.34. The Labute approximate surface area is 163 Å². The van der Waals surface area contributed by atoms with E-state index in [9.17, 15) is 14.7 Å². The molecule has 0 aliphatic carbocycles. The van der Waals surface area contributed by atoms with Gasteiger partial charge in [-0.05, 0) is 17.5 Å². The summed E-state index contributed by atoms with van der Waals surface area (Å²) in [4.78, 5) is 27.0. The number of carbonyl (C=O) groups excluding carboxylic acids is 2. The number of hydrogen-bond acceptors (Lipinski definition) is 4. The smallest absolute Gasteiger partial charge is 0.230 e. The molecule has 1 spiro atoms. The summed E-state index contributed by atoms with van der Waals surface area (Å²) < 4.78 is 6.19. The summed E-state index contributed by atoms with van der Waals surface area (Å²) in [5.74, 6) is -3.04. The van der Waals surface area contributed by atoms with Crippen LogP contribution in [0.3, 0.4) is 0 Å². The van der Waals surface area contributed by atoms with Crippen molar-refractivity contribution < 1.29 is 19.4 Å². The molecular formula is C23H20NO4-. The van der Waals surface area contributed by atoms with Crippen LogP contribution in [0.15, 0.2) is 72.8 Å². The monoisotopic (exact) mass is 374 g/mol. The van der Waals surface area contributed by atoms with Crippen molar-refractivity contribution in [2.75, 3.05) is 0 Å². The maximum Gasteiger partial charge on any atom is 0.230 e. The van der Waals surface area contributed by atoms with Crippen LogP contribution in [0.25, 0.3) is 0 Å². The molecule has 0 N–H and O–H groups in total. The fraction of sp³-hybridized carbons (Fsp3) is 0.304. The summed E-state index contributed by atoms with van der Waals surface area (Å²) in [6, 6.07) is 19.4. The van der Waals surface area contributed by atoms with E-state index in [4.69, 9.17) is 4.74 Å². The molecule has 2 aromatic rings. The highest BCUT2D eigenvalue weighted by molar-refractivity contribution is 5.91. The zero-order valence-electron chi connectivity index (χ0n) is 15.2. The number of carboxylic acid groups (broad SMARTS) is 1. The van der Waals surface area contributed by atoms with Gasteiger partial charge in [-0.1, -0.05) is 72.8 Å². The summed E-state index contributed by atoms with van der Waals surface area (Å²) in [5.41, 5.74) is 1.19. The highest BCUT2D eigenvalue weighted by Crippen LogP contribution is 2.55. The molecular weight excluding hydrogens is 354 g/mol. The number of amides is 1. The Morgan fingerprint density at radius 3 is 2.32 bits per heavy atom. The van der Waals surface area contributed by atoms with Crippen LogP contribution < -0.4 is 5.11 Å². The lowest BCUT2D eigenvalue weighted by Gasteiger charge is -2.33. The molecule has 0 radical (unpaired) electrons. The molecule has 2 bridgehead atoms. The van der Waals surface area contributed by atoms with Gasteiger partial charge in [-0.15, -0.1) is 0 Å². The highest BCUT2D eigenvalue weighted by atomic mass is 16.5. The second-order valence-corrected chi connectivity index (χ2v) is 7.77. The fourth-order valence-corrected chi connectivity index (χ4v) is 5.06. The van der Waals surface area contributed by atoms with Gasteiger partial charge in [0.2, 0.25) is 5.91 Å². The van der Waals surface area contributed by atoms with Gasteiger partial charge in [-0.25, -0.2) is 0 Å². The first-order valence-electron chi connectivity index (χ1n) is 9.56. The number of carboxylic acids is 1. The Morgan fingerprint density at radius 2 is 1.68 bits per heavy atom. The largest absolute Gasteiger partial charge is 0.550 e. The number of ether oxygens (including phenoxy) is 1. The zero-order valence-corrected chi connectivity index (χ0v) is 15.2. The van der Waals surface area contributed by atoms with E-state index in [0.29, 0.717) is 13.0 Å². The topological polar surface area (TPSA) is 69.7 Å². The van der Waals surface area contributed by atoms with Gasteiger partial charge >= 0.3 is 0 Å². The average molecular weight is 374 g/mol. The predicted molar refractivity (Wildman–Crippen MR) is 99.7 cm³/mol. The van der Waals surface area contributed by atoms with Crippen LogP contribution >= 0.6 is 0 Å². The summed E-state index contributed by atoms with van der Waals surface area (Å²) >= 11 is 0.